The summed E-state index contributed by atoms with van der Waals surface area (Å²) in [6.45, 7) is 22.7. The van der Waals surface area contributed by atoms with Gasteiger partial charge in [-0.15, -0.1) is 0 Å². The standard InChI is InChI=1S/C28H28N2/c1-7-13-17-24(15-8-2)23(10-4)20-25(16-9-3)26-18-14-19-27(21-26)28(30-12-6)22-29-11-5/h7-22H,1-6H2/b17-13-,23-20+,24-15+,25-16+,29-22-,30-28+. The summed E-state index contributed by atoms with van der Waals surface area (Å²) < 4.78 is 0. The molecule has 30 heavy (non-hydrogen) atoms. The average molecular weight is 393 g/mol. The third-order valence-electron chi connectivity index (χ3n) is 3.90. The van der Waals surface area contributed by atoms with Crippen LogP contribution < -0.4 is 0 Å². The molecule has 0 atom stereocenters. The quantitative estimate of drug-likeness (QED) is 0.262. The van der Waals surface area contributed by atoms with E-state index in [0.717, 1.165) is 27.8 Å². The van der Waals surface area contributed by atoms with Gasteiger partial charge in [0, 0.05) is 18.0 Å². The van der Waals surface area contributed by atoms with Crippen molar-refractivity contribution in [1.82, 2.24) is 0 Å². The highest BCUT2D eigenvalue weighted by molar-refractivity contribution is 6.38. The van der Waals surface area contributed by atoms with Gasteiger partial charge in [0.2, 0.25) is 0 Å². The van der Waals surface area contributed by atoms with Gasteiger partial charge in [-0.2, -0.15) is 0 Å². The molecule has 0 aliphatic heterocycles. The van der Waals surface area contributed by atoms with Crippen molar-refractivity contribution in [3.63, 3.8) is 0 Å². The van der Waals surface area contributed by atoms with Gasteiger partial charge in [-0.25, -0.2) is 0 Å². The minimum Gasteiger partial charge on any atom is -0.263 e. The monoisotopic (exact) mass is 392 g/mol. The van der Waals surface area contributed by atoms with E-state index in [1.54, 1.807) is 24.4 Å². The lowest BCUT2D eigenvalue weighted by atomic mass is 9.96. The highest BCUT2D eigenvalue weighted by atomic mass is 14.7. The Kier molecular flexibility index (Phi) is 11.2. The average Bonchev–Trinajstić information content (AvgIpc) is 2.77. The van der Waals surface area contributed by atoms with Gasteiger partial charge in [-0.1, -0.05) is 106 Å². The maximum atomic E-state index is 4.32. The topological polar surface area (TPSA) is 24.7 Å². The molecular formula is C28H28N2. The maximum Gasteiger partial charge on any atom is 0.0884 e. The van der Waals surface area contributed by atoms with Crippen molar-refractivity contribution in [3.8, 4) is 0 Å². The molecular weight excluding hydrogens is 364 g/mol. The van der Waals surface area contributed by atoms with Crippen LogP contribution in [0.15, 0.2) is 152 Å². The van der Waals surface area contributed by atoms with Crippen molar-refractivity contribution in [2.45, 2.75) is 0 Å². The molecule has 0 aliphatic carbocycles. The highest BCUT2D eigenvalue weighted by Crippen LogP contribution is 2.24. The molecule has 0 aromatic heterocycles. The lowest BCUT2D eigenvalue weighted by molar-refractivity contribution is 1.51. The molecule has 2 heteroatoms. The molecule has 0 fully saturated rings. The van der Waals surface area contributed by atoms with Gasteiger partial charge >= 0.3 is 0 Å². The highest BCUT2D eigenvalue weighted by Gasteiger charge is 2.06. The molecule has 1 rings (SSSR count). The van der Waals surface area contributed by atoms with Crippen molar-refractivity contribution < 1.29 is 0 Å². The summed E-state index contributed by atoms with van der Waals surface area (Å²) in [7, 11) is 0. The lowest BCUT2D eigenvalue weighted by Crippen LogP contribution is -2.02. The number of benzene rings is 1. The Bertz CT molecular complexity index is 989. The number of hydrogen-bond acceptors (Lipinski definition) is 2. The van der Waals surface area contributed by atoms with Crippen molar-refractivity contribution in [2.24, 2.45) is 9.98 Å². The van der Waals surface area contributed by atoms with Crippen molar-refractivity contribution in [1.29, 1.82) is 0 Å². The van der Waals surface area contributed by atoms with Crippen LogP contribution in [0.5, 0.6) is 0 Å². The molecule has 0 N–H and O–H groups in total. The Morgan fingerprint density at radius 3 is 2.13 bits per heavy atom. The third-order valence-corrected chi connectivity index (χ3v) is 3.90. The zero-order valence-corrected chi connectivity index (χ0v) is 17.4. The van der Waals surface area contributed by atoms with E-state index in [9.17, 15) is 0 Å². The fraction of sp³-hybridized carbons (Fsp3) is 0. The second-order valence-electron chi connectivity index (χ2n) is 5.85. The van der Waals surface area contributed by atoms with E-state index in [0.29, 0.717) is 5.71 Å². The van der Waals surface area contributed by atoms with Crippen LogP contribution in [0.25, 0.3) is 5.57 Å². The van der Waals surface area contributed by atoms with Crippen LogP contribution in [0, 0.1) is 0 Å². The molecule has 0 saturated carbocycles. The first-order valence-electron chi connectivity index (χ1n) is 9.37. The fourth-order valence-electron chi connectivity index (χ4n) is 2.59. The molecule has 1 aromatic carbocycles. The predicted octanol–water partition coefficient (Wildman–Crippen LogP) is 7.37. The fourth-order valence-corrected chi connectivity index (χ4v) is 2.59. The van der Waals surface area contributed by atoms with Gasteiger partial charge in [0.15, 0.2) is 0 Å². The molecule has 0 bridgehead atoms. The molecule has 0 radical (unpaired) electrons. The maximum absolute atomic E-state index is 4.32. The molecule has 150 valence electrons. The van der Waals surface area contributed by atoms with Crippen LogP contribution in [-0.2, 0) is 0 Å². The molecule has 0 saturated heterocycles. The van der Waals surface area contributed by atoms with E-state index in [4.69, 9.17) is 0 Å². The normalized spacial score (nSPS) is 13.3. The molecule has 0 amide bonds. The summed E-state index contributed by atoms with van der Waals surface area (Å²) in [5.74, 6) is 0. The zero-order valence-electron chi connectivity index (χ0n) is 17.4. The van der Waals surface area contributed by atoms with Crippen LogP contribution in [0.3, 0.4) is 0 Å². The van der Waals surface area contributed by atoms with Gasteiger partial charge < -0.3 is 0 Å². The molecule has 2 nitrogen and oxygen atoms in total. The zero-order chi connectivity index (χ0) is 22.2. The van der Waals surface area contributed by atoms with E-state index in [1.165, 1.54) is 12.4 Å². The Hall–Kier alpha value is -4.04. The number of aliphatic imine (C=N–C) groups is 2. The first-order chi connectivity index (χ1) is 14.6. The summed E-state index contributed by atoms with van der Waals surface area (Å²) in [5, 5.41) is 0. The molecule has 0 spiro atoms. The van der Waals surface area contributed by atoms with Gasteiger partial charge in [-0.3, -0.25) is 9.98 Å². The minimum atomic E-state index is 0.693. The van der Waals surface area contributed by atoms with Crippen LogP contribution in [0.1, 0.15) is 11.1 Å². The van der Waals surface area contributed by atoms with Crippen LogP contribution >= 0.6 is 0 Å². The summed E-state index contributed by atoms with van der Waals surface area (Å²) in [6, 6.07) is 8.02. The van der Waals surface area contributed by atoms with Crippen LogP contribution in [-0.4, -0.2) is 11.9 Å². The van der Waals surface area contributed by atoms with Gasteiger partial charge in [0.05, 0.1) is 11.9 Å². The summed E-state index contributed by atoms with van der Waals surface area (Å²) in [4.78, 5) is 8.40. The number of nitrogens with zero attached hydrogens (tertiary/aromatic N) is 2. The number of allylic oxidation sites excluding steroid dienone is 12. The van der Waals surface area contributed by atoms with Gasteiger partial charge in [-0.05, 0) is 34.4 Å². The Labute approximate surface area is 180 Å². The third kappa shape index (κ3) is 7.53. The van der Waals surface area contributed by atoms with Gasteiger partial charge in [0.1, 0.15) is 0 Å². The van der Waals surface area contributed by atoms with E-state index in [1.807, 2.05) is 54.6 Å². The van der Waals surface area contributed by atoms with E-state index >= 15 is 0 Å². The summed E-state index contributed by atoms with van der Waals surface area (Å²) >= 11 is 0. The van der Waals surface area contributed by atoms with Crippen molar-refractivity contribution in [3.05, 3.63) is 153 Å². The second-order valence-corrected chi connectivity index (χ2v) is 5.85. The van der Waals surface area contributed by atoms with E-state index < -0.39 is 0 Å². The molecule has 0 unspecified atom stereocenters. The van der Waals surface area contributed by atoms with Crippen molar-refractivity contribution >= 4 is 17.5 Å². The molecule has 0 heterocycles. The van der Waals surface area contributed by atoms with Crippen LogP contribution in [0.2, 0.25) is 0 Å². The summed E-state index contributed by atoms with van der Waals surface area (Å²) in [6.07, 6.45) is 21.4. The Morgan fingerprint density at radius 2 is 1.53 bits per heavy atom. The van der Waals surface area contributed by atoms with Crippen LogP contribution in [0.4, 0.5) is 0 Å². The summed E-state index contributed by atoms with van der Waals surface area (Å²) in [5.41, 5.74) is 5.50. The smallest absolute Gasteiger partial charge is 0.0884 e. The Morgan fingerprint density at radius 1 is 0.800 bits per heavy atom. The minimum absolute atomic E-state index is 0.693. The second kappa shape index (κ2) is 14.0. The first kappa shape index (κ1) is 24.0. The Balaban J connectivity index is 3.57. The van der Waals surface area contributed by atoms with Crippen molar-refractivity contribution in [2.75, 3.05) is 0 Å². The SMILES string of the molecule is C=C\C=C/C(=C\C=C)C(/C=C)=C/C(=C\C=C)c1cccc(C(/C=N\C=C)=N/C=C)c1. The molecule has 0 aliphatic rings. The number of rotatable bonds is 12. The largest absolute Gasteiger partial charge is 0.263 e. The van der Waals surface area contributed by atoms with E-state index in [2.05, 4.69) is 55.5 Å². The van der Waals surface area contributed by atoms with E-state index in [-0.39, 0.29) is 0 Å². The molecule has 1 aromatic rings. The lowest BCUT2D eigenvalue weighted by Gasteiger charge is -2.09. The predicted molar refractivity (Wildman–Crippen MR) is 136 cm³/mol. The van der Waals surface area contributed by atoms with Gasteiger partial charge in [0.25, 0.3) is 0 Å². The first-order valence-corrected chi connectivity index (χ1v) is 9.37. The number of hydrogen-bond donors (Lipinski definition) is 0.